The third kappa shape index (κ3) is 3.59. The van der Waals surface area contributed by atoms with Crippen LogP contribution in [0.5, 0.6) is 11.5 Å². The lowest BCUT2D eigenvalue weighted by atomic mass is 10.1. The highest BCUT2D eigenvalue weighted by atomic mass is 19.3. The van der Waals surface area contributed by atoms with Gasteiger partial charge in [0, 0.05) is 23.8 Å². The summed E-state index contributed by atoms with van der Waals surface area (Å²) >= 11 is 0. The molecule has 10 heteroatoms. The number of halogens is 3. The predicted octanol–water partition coefficient (Wildman–Crippen LogP) is 4.36. The molecule has 24 heavy (non-hydrogen) atoms. The Labute approximate surface area is 132 Å². The lowest BCUT2D eigenvalue weighted by Gasteiger charge is -2.13. The average molecular weight is 342 g/mol. The van der Waals surface area contributed by atoms with E-state index in [0.29, 0.717) is 6.07 Å². The number of non-ortho nitro benzene ring substituents is 1. The highest BCUT2D eigenvalue weighted by Crippen LogP contribution is 2.37. The maximum Gasteiger partial charge on any atom is 0.312 e. The number of alkyl halides is 3. The lowest BCUT2D eigenvalue weighted by molar-refractivity contribution is -0.385. The Morgan fingerprint density at radius 3 is 2.12 bits per heavy atom. The Kier molecular flexibility index (Phi) is 4.67. The van der Waals surface area contributed by atoms with Gasteiger partial charge < -0.3 is 4.74 Å². The summed E-state index contributed by atoms with van der Waals surface area (Å²) in [6.45, 7) is -1.99. The van der Waals surface area contributed by atoms with Gasteiger partial charge in [0.15, 0.2) is 6.67 Å². The summed E-state index contributed by atoms with van der Waals surface area (Å²) in [5, 5.41) is 21.6. The van der Waals surface area contributed by atoms with E-state index >= 15 is 0 Å². The summed E-state index contributed by atoms with van der Waals surface area (Å²) in [7, 11) is 0. The first-order valence-electron chi connectivity index (χ1n) is 6.39. The minimum absolute atomic E-state index is 0.0358. The minimum Gasteiger partial charge on any atom is -0.450 e. The van der Waals surface area contributed by atoms with Gasteiger partial charge in [0.2, 0.25) is 5.75 Å². The normalized spacial score (nSPS) is 11.1. The van der Waals surface area contributed by atoms with Crippen molar-refractivity contribution in [3.05, 3.63) is 68.3 Å². The molecule has 0 fully saturated rings. The van der Waals surface area contributed by atoms with E-state index < -0.39 is 33.7 Å². The van der Waals surface area contributed by atoms with Crippen molar-refractivity contribution in [1.82, 2.24) is 0 Å². The number of hydrogen-bond donors (Lipinski definition) is 0. The molecule has 0 bridgehead atoms. The van der Waals surface area contributed by atoms with Gasteiger partial charge in [0.25, 0.3) is 5.69 Å². The van der Waals surface area contributed by atoms with Gasteiger partial charge in [0.05, 0.1) is 9.85 Å². The molecule has 0 spiro atoms. The standard InChI is InChI=1S/C14H9F3N2O5/c15-8-14(16,17)9-1-6-13(12(7-9)19(22)23)24-11-4-2-10(3-5-11)18(20)21/h1-7H,8H2. The van der Waals surface area contributed by atoms with Crippen molar-refractivity contribution in [3.63, 3.8) is 0 Å². The van der Waals surface area contributed by atoms with Crippen molar-refractivity contribution >= 4 is 11.4 Å². The molecule has 0 aliphatic heterocycles. The predicted molar refractivity (Wildman–Crippen MR) is 76.1 cm³/mol. The Hall–Kier alpha value is -3.17. The lowest BCUT2D eigenvalue weighted by Crippen LogP contribution is -2.16. The first-order valence-corrected chi connectivity index (χ1v) is 6.39. The van der Waals surface area contributed by atoms with Crippen LogP contribution in [0, 0.1) is 20.2 Å². The Bertz CT molecular complexity index is 780. The zero-order valence-electron chi connectivity index (χ0n) is 11.8. The third-order valence-corrected chi connectivity index (χ3v) is 3.02. The van der Waals surface area contributed by atoms with E-state index in [1.807, 2.05) is 0 Å². The van der Waals surface area contributed by atoms with E-state index in [-0.39, 0.29) is 17.2 Å². The van der Waals surface area contributed by atoms with Gasteiger partial charge in [-0.2, -0.15) is 8.78 Å². The highest BCUT2D eigenvalue weighted by Gasteiger charge is 2.34. The quantitative estimate of drug-likeness (QED) is 0.574. The maximum absolute atomic E-state index is 13.3. The fourth-order valence-electron chi connectivity index (χ4n) is 1.81. The molecule has 0 amide bonds. The van der Waals surface area contributed by atoms with E-state index in [2.05, 4.69) is 0 Å². The van der Waals surface area contributed by atoms with E-state index in [1.54, 1.807) is 0 Å². The number of ether oxygens (including phenoxy) is 1. The summed E-state index contributed by atoms with van der Waals surface area (Å²) in [6.07, 6.45) is 0. The Balaban J connectivity index is 2.36. The van der Waals surface area contributed by atoms with Crippen molar-refractivity contribution in [1.29, 1.82) is 0 Å². The second kappa shape index (κ2) is 6.52. The van der Waals surface area contributed by atoms with Crippen molar-refractivity contribution in [2.75, 3.05) is 6.67 Å². The van der Waals surface area contributed by atoms with Crippen LogP contribution in [-0.4, -0.2) is 16.5 Å². The summed E-state index contributed by atoms with van der Waals surface area (Å²) < 4.78 is 44.1. The molecule has 2 rings (SSSR count). The number of nitro benzene ring substituents is 2. The van der Waals surface area contributed by atoms with Crippen LogP contribution in [0.2, 0.25) is 0 Å². The SMILES string of the molecule is O=[N+]([O-])c1ccc(Oc2ccc(C(F)(F)CF)cc2[N+](=O)[O-])cc1. The summed E-state index contributed by atoms with van der Waals surface area (Å²) in [6, 6.07) is 6.89. The fourth-order valence-corrected chi connectivity index (χ4v) is 1.81. The van der Waals surface area contributed by atoms with Crippen molar-refractivity contribution in [3.8, 4) is 11.5 Å². The van der Waals surface area contributed by atoms with Crippen LogP contribution in [0.4, 0.5) is 24.5 Å². The van der Waals surface area contributed by atoms with Crippen LogP contribution >= 0.6 is 0 Å². The molecule has 2 aromatic rings. The summed E-state index contributed by atoms with van der Waals surface area (Å²) in [5.41, 5.74) is -1.85. The van der Waals surface area contributed by atoms with E-state index in [0.717, 1.165) is 24.3 Å². The number of nitro groups is 2. The molecular weight excluding hydrogens is 333 g/mol. The van der Waals surface area contributed by atoms with Gasteiger partial charge in [-0.3, -0.25) is 20.2 Å². The molecule has 0 heterocycles. The number of rotatable bonds is 6. The Morgan fingerprint density at radius 1 is 1.00 bits per heavy atom. The summed E-state index contributed by atoms with van der Waals surface area (Å²) in [5.74, 6) is -4.17. The molecule has 0 saturated carbocycles. The molecule has 126 valence electrons. The number of hydrogen-bond acceptors (Lipinski definition) is 5. The van der Waals surface area contributed by atoms with E-state index in [9.17, 15) is 33.4 Å². The van der Waals surface area contributed by atoms with Crippen LogP contribution in [0.25, 0.3) is 0 Å². The zero-order valence-corrected chi connectivity index (χ0v) is 11.8. The topological polar surface area (TPSA) is 95.5 Å². The highest BCUT2D eigenvalue weighted by molar-refractivity contribution is 5.52. The van der Waals surface area contributed by atoms with Crippen molar-refractivity contribution < 1.29 is 27.8 Å². The fraction of sp³-hybridized carbons (Fsp3) is 0.143. The molecular formula is C14H9F3N2O5. The van der Waals surface area contributed by atoms with Crippen LogP contribution in [0.15, 0.2) is 42.5 Å². The molecule has 7 nitrogen and oxygen atoms in total. The van der Waals surface area contributed by atoms with Gasteiger partial charge in [-0.1, -0.05) is 0 Å². The molecule has 0 atom stereocenters. The Morgan fingerprint density at radius 2 is 1.62 bits per heavy atom. The molecule has 0 aromatic heterocycles. The largest absolute Gasteiger partial charge is 0.450 e. The van der Waals surface area contributed by atoms with Crippen molar-refractivity contribution in [2.24, 2.45) is 0 Å². The number of benzene rings is 2. The average Bonchev–Trinajstić information content (AvgIpc) is 2.55. The van der Waals surface area contributed by atoms with Crippen LogP contribution in [0.1, 0.15) is 5.56 Å². The molecule has 2 aromatic carbocycles. The molecule has 0 saturated heterocycles. The molecule has 0 radical (unpaired) electrons. The van der Waals surface area contributed by atoms with Gasteiger partial charge in [0.1, 0.15) is 5.75 Å². The van der Waals surface area contributed by atoms with E-state index in [4.69, 9.17) is 4.74 Å². The first kappa shape index (κ1) is 17.2. The van der Waals surface area contributed by atoms with Crippen LogP contribution in [-0.2, 0) is 5.92 Å². The van der Waals surface area contributed by atoms with E-state index in [1.165, 1.54) is 12.1 Å². The van der Waals surface area contributed by atoms with Crippen LogP contribution < -0.4 is 4.74 Å². The van der Waals surface area contributed by atoms with Crippen molar-refractivity contribution in [2.45, 2.75) is 5.92 Å². The zero-order chi connectivity index (χ0) is 17.9. The smallest absolute Gasteiger partial charge is 0.312 e. The maximum atomic E-state index is 13.3. The molecule has 0 unspecified atom stereocenters. The van der Waals surface area contributed by atoms with Gasteiger partial charge in [-0.05, 0) is 24.3 Å². The second-order valence-electron chi connectivity index (χ2n) is 4.63. The molecule has 0 aliphatic rings. The molecule has 0 aliphatic carbocycles. The first-order chi connectivity index (χ1) is 11.2. The van der Waals surface area contributed by atoms with Gasteiger partial charge >= 0.3 is 11.6 Å². The molecule has 0 N–H and O–H groups in total. The van der Waals surface area contributed by atoms with Gasteiger partial charge in [-0.15, -0.1) is 0 Å². The third-order valence-electron chi connectivity index (χ3n) is 3.02. The minimum atomic E-state index is -3.85. The second-order valence-corrected chi connectivity index (χ2v) is 4.63. The monoisotopic (exact) mass is 342 g/mol. The number of nitrogens with zero attached hydrogens (tertiary/aromatic N) is 2. The summed E-state index contributed by atoms with van der Waals surface area (Å²) in [4.78, 5) is 20.0. The van der Waals surface area contributed by atoms with Gasteiger partial charge in [-0.25, -0.2) is 4.39 Å². The van der Waals surface area contributed by atoms with Crippen LogP contribution in [0.3, 0.4) is 0 Å².